The van der Waals surface area contributed by atoms with Crippen LogP contribution in [0.15, 0.2) is 48.5 Å². The van der Waals surface area contributed by atoms with Crippen LogP contribution in [-0.4, -0.2) is 18.8 Å². The van der Waals surface area contributed by atoms with Crippen LogP contribution < -0.4 is 14.8 Å². The zero-order valence-corrected chi connectivity index (χ0v) is 13.8. The summed E-state index contributed by atoms with van der Waals surface area (Å²) in [4.78, 5) is 0. The maximum Gasteiger partial charge on any atom is 0.120 e. The summed E-state index contributed by atoms with van der Waals surface area (Å²) >= 11 is 0. The Morgan fingerprint density at radius 1 is 0.909 bits per heavy atom. The molecule has 0 radical (unpaired) electrons. The molecule has 0 spiro atoms. The minimum Gasteiger partial charge on any atom is -0.491 e. The molecule has 0 saturated carbocycles. The summed E-state index contributed by atoms with van der Waals surface area (Å²) in [5, 5.41) is 3.38. The van der Waals surface area contributed by atoms with Gasteiger partial charge in [0.15, 0.2) is 0 Å². The van der Waals surface area contributed by atoms with Crippen LogP contribution in [0.3, 0.4) is 0 Å². The van der Waals surface area contributed by atoms with Gasteiger partial charge < -0.3 is 14.8 Å². The fourth-order valence-corrected chi connectivity index (χ4v) is 2.15. The third kappa shape index (κ3) is 5.32. The van der Waals surface area contributed by atoms with E-state index >= 15 is 0 Å². The molecule has 22 heavy (non-hydrogen) atoms. The van der Waals surface area contributed by atoms with Crippen LogP contribution in [0, 0.1) is 6.92 Å². The molecule has 0 aliphatic heterocycles. The average molecular weight is 299 g/mol. The first-order valence-electron chi connectivity index (χ1n) is 7.77. The van der Waals surface area contributed by atoms with E-state index in [9.17, 15) is 0 Å². The summed E-state index contributed by atoms with van der Waals surface area (Å²) in [6, 6.07) is 16.1. The molecule has 2 aromatic carbocycles. The zero-order valence-electron chi connectivity index (χ0n) is 13.8. The minimum absolute atomic E-state index is 0.0911. The fraction of sp³-hybridized carbons (Fsp3) is 0.368. The zero-order chi connectivity index (χ0) is 15.9. The number of rotatable bonds is 7. The maximum atomic E-state index is 5.91. The van der Waals surface area contributed by atoms with E-state index in [2.05, 4.69) is 31.3 Å². The third-order valence-electron chi connectivity index (χ3n) is 3.15. The number of hydrogen-bond acceptors (Lipinski definition) is 3. The molecule has 3 nitrogen and oxygen atoms in total. The number of nitrogens with one attached hydrogen (secondary N) is 1. The van der Waals surface area contributed by atoms with Gasteiger partial charge in [-0.05, 0) is 69.7 Å². The molecule has 1 atom stereocenters. The van der Waals surface area contributed by atoms with Crippen molar-refractivity contribution in [3.05, 3.63) is 54.1 Å². The predicted octanol–water partition coefficient (Wildman–Crippen LogP) is 4.66. The van der Waals surface area contributed by atoms with E-state index in [1.165, 1.54) is 5.56 Å². The predicted molar refractivity (Wildman–Crippen MR) is 92.0 cm³/mol. The number of anilines is 1. The number of aryl methyl sites for hydroxylation is 1. The Morgan fingerprint density at radius 2 is 1.64 bits per heavy atom. The first-order chi connectivity index (χ1) is 10.5. The third-order valence-corrected chi connectivity index (χ3v) is 3.15. The van der Waals surface area contributed by atoms with Crippen molar-refractivity contribution in [2.75, 3.05) is 11.9 Å². The largest absolute Gasteiger partial charge is 0.491 e. The topological polar surface area (TPSA) is 30.5 Å². The van der Waals surface area contributed by atoms with Gasteiger partial charge in [0, 0.05) is 5.69 Å². The highest BCUT2D eigenvalue weighted by molar-refractivity contribution is 5.46. The highest BCUT2D eigenvalue weighted by Gasteiger charge is 2.04. The average Bonchev–Trinajstić information content (AvgIpc) is 2.46. The van der Waals surface area contributed by atoms with Gasteiger partial charge in [0.1, 0.15) is 17.6 Å². The van der Waals surface area contributed by atoms with Gasteiger partial charge in [0.25, 0.3) is 0 Å². The van der Waals surface area contributed by atoms with E-state index in [4.69, 9.17) is 9.47 Å². The molecule has 1 unspecified atom stereocenters. The molecule has 118 valence electrons. The molecule has 3 heteroatoms. The molecule has 0 fully saturated rings. The van der Waals surface area contributed by atoms with E-state index in [0.717, 1.165) is 23.7 Å². The molecule has 0 aliphatic rings. The van der Waals surface area contributed by atoms with Crippen molar-refractivity contribution in [2.45, 2.75) is 39.9 Å². The molecule has 0 heterocycles. The lowest BCUT2D eigenvalue weighted by Gasteiger charge is -2.17. The monoisotopic (exact) mass is 299 g/mol. The molecule has 2 rings (SSSR count). The number of benzene rings is 2. The second-order valence-corrected chi connectivity index (χ2v) is 5.82. The van der Waals surface area contributed by atoms with Crippen molar-refractivity contribution in [2.24, 2.45) is 0 Å². The van der Waals surface area contributed by atoms with Gasteiger partial charge in [-0.15, -0.1) is 0 Å². The molecule has 0 amide bonds. The van der Waals surface area contributed by atoms with Gasteiger partial charge >= 0.3 is 0 Å². The van der Waals surface area contributed by atoms with E-state index < -0.39 is 0 Å². The van der Waals surface area contributed by atoms with Crippen molar-refractivity contribution in [1.29, 1.82) is 0 Å². The van der Waals surface area contributed by atoms with Crippen molar-refractivity contribution in [3.63, 3.8) is 0 Å². The molecule has 0 saturated heterocycles. The van der Waals surface area contributed by atoms with E-state index in [1.807, 2.05) is 50.2 Å². The summed E-state index contributed by atoms with van der Waals surface area (Å²) < 4.78 is 11.5. The number of hydrogen-bond donors (Lipinski definition) is 1. The lowest BCUT2D eigenvalue weighted by Crippen LogP contribution is -2.22. The molecular formula is C19H25NO2. The van der Waals surface area contributed by atoms with Gasteiger partial charge in [-0.1, -0.05) is 12.1 Å². The standard InChI is InChI=1S/C19H25NO2/c1-14(2)21-18-10-8-17(9-11-18)20-13-16(4)22-19-7-5-6-15(3)12-19/h5-12,14,16,20H,13H2,1-4H3. The Hall–Kier alpha value is -2.16. The maximum absolute atomic E-state index is 5.91. The summed E-state index contributed by atoms with van der Waals surface area (Å²) in [5.41, 5.74) is 2.27. The van der Waals surface area contributed by atoms with Gasteiger partial charge in [-0.3, -0.25) is 0 Å². The second-order valence-electron chi connectivity index (χ2n) is 5.82. The van der Waals surface area contributed by atoms with E-state index in [1.54, 1.807) is 0 Å². The Balaban J connectivity index is 1.82. The van der Waals surface area contributed by atoms with Crippen LogP contribution in [0.25, 0.3) is 0 Å². The lowest BCUT2D eigenvalue weighted by molar-refractivity contribution is 0.234. The van der Waals surface area contributed by atoms with Crippen LogP contribution in [0.1, 0.15) is 26.3 Å². The van der Waals surface area contributed by atoms with Gasteiger partial charge in [-0.2, -0.15) is 0 Å². The van der Waals surface area contributed by atoms with Crippen molar-refractivity contribution >= 4 is 5.69 Å². The molecular weight excluding hydrogens is 274 g/mol. The summed E-state index contributed by atoms with van der Waals surface area (Å²) in [6.07, 6.45) is 0.287. The SMILES string of the molecule is Cc1cccc(OC(C)CNc2ccc(OC(C)C)cc2)c1. The van der Waals surface area contributed by atoms with Crippen LogP contribution >= 0.6 is 0 Å². The van der Waals surface area contributed by atoms with Crippen LogP contribution in [0.2, 0.25) is 0 Å². The molecule has 0 bridgehead atoms. The highest BCUT2D eigenvalue weighted by Crippen LogP contribution is 2.18. The van der Waals surface area contributed by atoms with Crippen molar-refractivity contribution < 1.29 is 9.47 Å². The smallest absolute Gasteiger partial charge is 0.120 e. The summed E-state index contributed by atoms with van der Waals surface area (Å²) in [7, 11) is 0. The molecule has 0 aromatic heterocycles. The second kappa shape index (κ2) is 7.74. The Labute approximate surface area is 133 Å². The molecule has 1 N–H and O–H groups in total. The summed E-state index contributed by atoms with van der Waals surface area (Å²) in [6.45, 7) is 8.92. The van der Waals surface area contributed by atoms with E-state index in [0.29, 0.717) is 0 Å². The minimum atomic E-state index is 0.0911. The Kier molecular flexibility index (Phi) is 5.70. The van der Waals surface area contributed by atoms with E-state index in [-0.39, 0.29) is 12.2 Å². The molecule has 0 aliphatic carbocycles. The van der Waals surface area contributed by atoms with Crippen LogP contribution in [-0.2, 0) is 0 Å². The first-order valence-corrected chi connectivity index (χ1v) is 7.77. The van der Waals surface area contributed by atoms with Gasteiger partial charge in [0.05, 0.1) is 12.6 Å². The fourth-order valence-electron chi connectivity index (χ4n) is 2.15. The molecule has 2 aromatic rings. The number of ether oxygens (including phenoxy) is 2. The highest BCUT2D eigenvalue weighted by atomic mass is 16.5. The normalized spacial score (nSPS) is 12.0. The lowest BCUT2D eigenvalue weighted by atomic mass is 10.2. The Morgan fingerprint density at radius 3 is 2.27 bits per heavy atom. The Bertz CT molecular complexity index is 578. The van der Waals surface area contributed by atoms with Gasteiger partial charge in [-0.25, -0.2) is 0 Å². The van der Waals surface area contributed by atoms with Crippen molar-refractivity contribution in [3.8, 4) is 11.5 Å². The van der Waals surface area contributed by atoms with Crippen LogP contribution in [0.5, 0.6) is 11.5 Å². The van der Waals surface area contributed by atoms with Gasteiger partial charge in [0.2, 0.25) is 0 Å². The first kappa shape index (κ1) is 16.2. The van der Waals surface area contributed by atoms with Crippen LogP contribution in [0.4, 0.5) is 5.69 Å². The summed E-state index contributed by atoms with van der Waals surface area (Å²) in [5.74, 6) is 1.81. The quantitative estimate of drug-likeness (QED) is 0.806. The van der Waals surface area contributed by atoms with Crippen molar-refractivity contribution in [1.82, 2.24) is 0 Å².